The maximum atomic E-state index is 6.69. The fourth-order valence-corrected chi connectivity index (χ4v) is 9.95. The number of nitrogens with zero attached hydrogens (tertiary/aromatic N) is 1. The minimum absolute atomic E-state index is 0.873. The van der Waals surface area contributed by atoms with E-state index in [1.54, 1.807) is 0 Å². The molecule has 0 spiro atoms. The normalized spacial score (nSPS) is 11.8. The molecule has 3 heteroatoms. The number of para-hydroxylation sites is 1. The molecule has 0 N–H and O–H groups in total. The van der Waals surface area contributed by atoms with Crippen LogP contribution in [0.4, 0.5) is 17.1 Å². The van der Waals surface area contributed by atoms with Gasteiger partial charge in [-0.2, -0.15) is 0 Å². The SMILES string of the molecule is c1ccc(N(c2ccc(-c3cccc4ccccc34)cc2)c2ccc(-c3cccc4oc5c6ccccc6ccc5c34)cc2)c(-c2cccc3oc4c5ccccc5ccc4c23)c1. The van der Waals surface area contributed by atoms with Crippen LogP contribution in [-0.2, 0) is 0 Å². The van der Waals surface area contributed by atoms with E-state index in [-0.39, 0.29) is 0 Å². The van der Waals surface area contributed by atoms with E-state index in [4.69, 9.17) is 8.83 Å². The number of benzene rings is 11. The Kier molecular flexibility index (Phi) is 7.91. The second-order valence-corrected chi connectivity index (χ2v) is 16.4. The van der Waals surface area contributed by atoms with E-state index < -0.39 is 0 Å². The van der Waals surface area contributed by atoms with Gasteiger partial charge in [-0.3, -0.25) is 0 Å². The van der Waals surface area contributed by atoms with Gasteiger partial charge in [0.25, 0.3) is 0 Å². The second-order valence-electron chi connectivity index (χ2n) is 16.4. The summed E-state index contributed by atoms with van der Waals surface area (Å²) >= 11 is 0. The highest BCUT2D eigenvalue weighted by Gasteiger charge is 2.22. The highest BCUT2D eigenvalue weighted by Crippen LogP contribution is 2.47. The Morgan fingerprint density at radius 2 is 0.698 bits per heavy atom. The monoisotopic (exact) mass is 803 g/mol. The van der Waals surface area contributed by atoms with Crippen molar-refractivity contribution in [2.75, 3.05) is 4.90 Å². The van der Waals surface area contributed by atoms with Crippen molar-refractivity contribution in [1.82, 2.24) is 0 Å². The van der Waals surface area contributed by atoms with Gasteiger partial charge >= 0.3 is 0 Å². The molecule has 2 aromatic heterocycles. The van der Waals surface area contributed by atoms with Gasteiger partial charge in [0.05, 0.1) is 5.69 Å². The Hall–Kier alpha value is -8.40. The lowest BCUT2D eigenvalue weighted by atomic mass is 9.95. The van der Waals surface area contributed by atoms with Crippen molar-refractivity contribution in [3.63, 3.8) is 0 Å². The predicted molar refractivity (Wildman–Crippen MR) is 265 cm³/mol. The van der Waals surface area contributed by atoms with Crippen LogP contribution in [-0.4, -0.2) is 0 Å². The van der Waals surface area contributed by atoms with E-state index in [1.807, 2.05) is 0 Å². The van der Waals surface area contributed by atoms with Crippen molar-refractivity contribution in [2.24, 2.45) is 0 Å². The molecule has 2 heterocycles. The number of fused-ring (bicyclic) bond motifs is 11. The molecule has 294 valence electrons. The number of hydrogen-bond donors (Lipinski definition) is 0. The first kappa shape index (κ1) is 35.4. The smallest absolute Gasteiger partial charge is 0.143 e. The van der Waals surface area contributed by atoms with E-state index in [2.05, 4.69) is 229 Å². The Morgan fingerprint density at radius 1 is 0.270 bits per heavy atom. The summed E-state index contributed by atoms with van der Waals surface area (Å²) in [6.45, 7) is 0. The maximum Gasteiger partial charge on any atom is 0.143 e. The van der Waals surface area contributed by atoms with Crippen LogP contribution >= 0.6 is 0 Å². The van der Waals surface area contributed by atoms with Crippen molar-refractivity contribution in [3.05, 3.63) is 224 Å². The third-order valence-corrected chi connectivity index (χ3v) is 12.9. The van der Waals surface area contributed by atoms with E-state index in [1.165, 1.54) is 32.7 Å². The minimum atomic E-state index is 0.873. The lowest BCUT2D eigenvalue weighted by molar-refractivity contribution is 0.672. The van der Waals surface area contributed by atoms with E-state index >= 15 is 0 Å². The quantitative estimate of drug-likeness (QED) is 0.168. The lowest BCUT2D eigenvalue weighted by Crippen LogP contribution is -2.11. The lowest BCUT2D eigenvalue weighted by Gasteiger charge is -2.28. The largest absolute Gasteiger partial charge is 0.455 e. The molecule has 0 fully saturated rings. The van der Waals surface area contributed by atoms with Crippen LogP contribution in [0, 0.1) is 0 Å². The number of hydrogen-bond acceptors (Lipinski definition) is 3. The summed E-state index contributed by atoms with van der Waals surface area (Å²) in [5.41, 5.74) is 13.7. The van der Waals surface area contributed by atoms with Crippen LogP contribution in [0.5, 0.6) is 0 Å². The van der Waals surface area contributed by atoms with E-state index in [0.29, 0.717) is 0 Å². The zero-order chi connectivity index (χ0) is 41.4. The highest BCUT2D eigenvalue weighted by molar-refractivity contribution is 6.21. The summed E-state index contributed by atoms with van der Waals surface area (Å²) in [6.07, 6.45) is 0. The molecule has 0 unspecified atom stereocenters. The standard InChI is InChI=1S/C60H37NO2/c1-4-16-45-38(12-1)15-9-20-46(45)41-26-32-43(33-27-41)61(44-34-28-42(29-35-44)47-21-10-24-55-57(47)52-36-30-39-13-2-5-17-48(39)59(52)62-55)54-23-8-7-19-50(54)51-22-11-25-56-58(51)53-37-31-40-14-3-6-18-49(40)60(53)63-56/h1-37H. The molecule has 0 aliphatic carbocycles. The molecule has 0 radical (unpaired) electrons. The van der Waals surface area contributed by atoms with Crippen LogP contribution in [0.2, 0.25) is 0 Å². The van der Waals surface area contributed by atoms with Gasteiger partial charge in [0.1, 0.15) is 22.3 Å². The molecule has 3 nitrogen and oxygen atoms in total. The molecular formula is C60H37NO2. The van der Waals surface area contributed by atoms with Gasteiger partial charge in [0, 0.05) is 49.3 Å². The van der Waals surface area contributed by atoms with Crippen LogP contribution < -0.4 is 4.90 Å². The number of anilines is 3. The first-order valence-electron chi connectivity index (χ1n) is 21.5. The Labute approximate surface area is 363 Å². The van der Waals surface area contributed by atoms with Crippen LogP contribution in [0.1, 0.15) is 0 Å². The Morgan fingerprint density at radius 3 is 1.32 bits per heavy atom. The van der Waals surface area contributed by atoms with E-state index in [9.17, 15) is 0 Å². The van der Waals surface area contributed by atoms with Crippen molar-refractivity contribution < 1.29 is 8.83 Å². The average molecular weight is 804 g/mol. The summed E-state index contributed by atoms with van der Waals surface area (Å²) in [7, 11) is 0. The first-order chi connectivity index (χ1) is 31.2. The fraction of sp³-hybridized carbons (Fsp3) is 0. The summed E-state index contributed by atoms with van der Waals surface area (Å²) in [6, 6.07) is 80.5. The minimum Gasteiger partial charge on any atom is -0.455 e. The topological polar surface area (TPSA) is 29.5 Å². The van der Waals surface area contributed by atoms with E-state index in [0.717, 1.165) is 94.0 Å². The molecule has 0 aliphatic rings. The summed E-state index contributed by atoms with van der Waals surface area (Å²) in [5, 5.41) is 11.5. The second kappa shape index (κ2) is 14.1. The molecule has 11 aromatic carbocycles. The van der Waals surface area contributed by atoms with Gasteiger partial charge in [0.15, 0.2) is 0 Å². The van der Waals surface area contributed by atoms with Crippen LogP contribution in [0.3, 0.4) is 0 Å². The molecule has 0 saturated heterocycles. The third-order valence-electron chi connectivity index (χ3n) is 12.9. The van der Waals surface area contributed by atoms with Crippen molar-refractivity contribution in [3.8, 4) is 33.4 Å². The molecule has 13 aromatic rings. The molecule has 13 rings (SSSR count). The molecule has 63 heavy (non-hydrogen) atoms. The molecule has 0 bridgehead atoms. The van der Waals surface area contributed by atoms with Crippen molar-refractivity contribution in [1.29, 1.82) is 0 Å². The van der Waals surface area contributed by atoms with Gasteiger partial charge in [-0.1, -0.05) is 170 Å². The van der Waals surface area contributed by atoms with Gasteiger partial charge in [-0.05, 0) is 104 Å². The van der Waals surface area contributed by atoms with Gasteiger partial charge in [-0.15, -0.1) is 0 Å². The summed E-state index contributed by atoms with van der Waals surface area (Å²) in [5.74, 6) is 0. The zero-order valence-electron chi connectivity index (χ0n) is 34.1. The van der Waals surface area contributed by atoms with Gasteiger partial charge in [0.2, 0.25) is 0 Å². The van der Waals surface area contributed by atoms with Crippen LogP contribution in [0.25, 0.3) is 110 Å². The molecule has 0 amide bonds. The predicted octanol–water partition coefficient (Wildman–Crippen LogP) is 17.4. The van der Waals surface area contributed by atoms with Gasteiger partial charge in [-0.25, -0.2) is 0 Å². The molecule has 0 aliphatic heterocycles. The summed E-state index contributed by atoms with van der Waals surface area (Å²) < 4.78 is 13.3. The number of rotatable bonds is 6. The van der Waals surface area contributed by atoms with Gasteiger partial charge < -0.3 is 13.7 Å². The highest BCUT2D eigenvalue weighted by atomic mass is 16.3. The summed E-state index contributed by atoms with van der Waals surface area (Å²) in [4.78, 5) is 2.39. The Bertz CT molecular complexity index is 3910. The fourth-order valence-electron chi connectivity index (χ4n) is 9.95. The third kappa shape index (κ3) is 5.60. The maximum absolute atomic E-state index is 6.69. The average Bonchev–Trinajstić information content (AvgIpc) is 3.94. The Balaban J connectivity index is 0.988. The van der Waals surface area contributed by atoms with Crippen molar-refractivity contribution in [2.45, 2.75) is 0 Å². The zero-order valence-corrected chi connectivity index (χ0v) is 34.1. The molecular weight excluding hydrogens is 767 g/mol. The number of furan rings is 2. The van der Waals surface area contributed by atoms with Crippen LogP contribution in [0.15, 0.2) is 233 Å². The molecule has 0 saturated carbocycles. The molecule has 0 atom stereocenters. The van der Waals surface area contributed by atoms with Crippen molar-refractivity contribution >= 4 is 93.3 Å². The first-order valence-corrected chi connectivity index (χ1v) is 21.5.